The van der Waals surface area contributed by atoms with Crippen LogP contribution in [0.1, 0.15) is 5.56 Å². The summed E-state index contributed by atoms with van der Waals surface area (Å²) in [5.41, 5.74) is 10.9. The number of hydrogen-bond donors (Lipinski definition) is 0. The number of rotatable bonds is 6. The van der Waals surface area contributed by atoms with Gasteiger partial charge in [-0.15, -0.1) is 0 Å². The summed E-state index contributed by atoms with van der Waals surface area (Å²) in [6.45, 7) is 2.09. The van der Waals surface area contributed by atoms with Crippen LogP contribution in [0.25, 0.3) is 78.3 Å². The maximum absolute atomic E-state index is 5.01. The molecule has 0 unspecified atom stereocenters. The minimum absolute atomic E-state index is 0.637. The van der Waals surface area contributed by atoms with E-state index in [1.807, 2.05) is 18.5 Å². The number of hydrogen-bond acceptors (Lipinski definition) is 4. The Morgan fingerprint density at radius 2 is 0.872 bits per heavy atom. The molecule has 4 nitrogen and oxygen atoms in total. The molecule has 0 aliphatic rings. The standard InChI is InChI=1S/C43H30N4/c1-29-28-44-25-24-40(29)38-13-7-12-37(26-38)33-16-21-35(22-17-33)42-45-41(34-19-14-32(15-20-34)30-8-3-2-4-9-30)46-43(47-42)39-23-18-31-10-5-6-11-36(31)27-39/h2-28H,1H3. The first-order chi connectivity index (χ1) is 23.2. The SMILES string of the molecule is Cc1cnccc1-c1cccc(-c2ccc(-c3nc(-c4ccc(-c5ccccc5)cc4)nc(-c4ccc5ccccc5c4)n3)cc2)c1. The first-order valence-electron chi connectivity index (χ1n) is 15.7. The van der Waals surface area contributed by atoms with Gasteiger partial charge >= 0.3 is 0 Å². The van der Waals surface area contributed by atoms with Crippen LogP contribution in [-0.2, 0) is 0 Å². The average Bonchev–Trinajstić information content (AvgIpc) is 3.15. The van der Waals surface area contributed by atoms with Crippen molar-refractivity contribution in [3.63, 3.8) is 0 Å². The van der Waals surface area contributed by atoms with Crippen LogP contribution in [0.5, 0.6) is 0 Å². The van der Waals surface area contributed by atoms with Crippen molar-refractivity contribution < 1.29 is 0 Å². The largest absolute Gasteiger partial charge is 0.264 e. The van der Waals surface area contributed by atoms with Gasteiger partial charge < -0.3 is 0 Å². The molecule has 0 aliphatic heterocycles. The Balaban J connectivity index is 1.19. The number of aryl methyl sites for hydroxylation is 1. The predicted octanol–water partition coefficient (Wildman–Crippen LogP) is 10.7. The molecule has 2 heterocycles. The molecule has 222 valence electrons. The number of pyridine rings is 1. The van der Waals surface area contributed by atoms with Gasteiger partial charge in [0.25, 0.3) is 0 Å². The summed E-state index contributed by atoms with van der Waals surface area (Å²) in [6, 6.07) is 52.7. The van der Waals surface area contributed by atoms with Crippen LogP contribution in [0.3, 0.4) is 0 Å². The quantitative estimate of drug-likeness (QED) is 0.190. The number of nitrogens with zero attached hydrogens (tertiary/aromatic N) is 4. The monoisotopic (exact) mass is 602 g/mol. The fraction of sp³-hybridized carbons (Fsp3) is 0.0233. The topological polar surface area (TPSA) is 51.6 Å². The fourth-order valence-corrected chi connectivity index (χ4v) is 6.01. The second-order valence-corrected chi connectivity index (χ2v) is 11.7. The Morgan fingerprint density at radius 3 is 1.55 bits per heavy atom. The first kappa shape index (κ1) is 28.2. The highest BCUT2D eigenvalue weighted by atomic mass is 15.0. The van der Waals surface area contributed by atoms with E-state index in [0.29, 0.717) is 17.5 Å². The molecule has 2 aromatic heterocycles. The van der Waals surface area contributed by atoms with E-state index >= 15 is 0 Å². The second kappa shape index (κ2) is 12.3. The van der Waals surface area contributed by atoms with Crippen molar-refractivity contribution in [1.82, 2.24) is 19.9 Å². The van der Waals surface area contributed by atoms with E-state index in [4.69, 9.17) is 15.0 Å². The zero-order chi connectivity index (χ0) is 31.6. The van der Waals surface area contributed by atoms with Gasteiger partial charge in [0.05, 0.1) is 0 Å². The van der Waals surface area contributed by atoms with Crippen molar-refractivity contribution in [2.75, 3.05) is 0 Å². The highest BCUT2D eigenvalue weighted by Gasteiger charge is 2.14. The Bertz CT molecular complexity index is 2350. The Labute approximate surface area is 274 Å². The van der Waals surface area contributed by atoms with Crippen molar-refractivity contribution in [2.24, 2.45) is 0 Å². The number of aromatic nitrogens is 4. The third-order valence-electron chi connectivity index (χ3n) is 8.56. The van der Waals surface area contributed by atoms with E-state index < -0.39 is 0 Å². The molecule has 47 heavy (non-hydrogen) atoms. The Kier molecular flexibility index (Phi) is 7.37. The van der Waals surface area contributed by atoms with Crippen LogP contribution in [0, 0.1) is 6.92 Å². The lowest BCUT2D eigenvalue weighted by Gasteiger charge is -2.11. The molecule has 4 heteroatoms. The summed E-state index contributed by atoms with van der Waals surface area (Å²) in [5, 5.41) is 2.33. The van der Waals surface area contributed by atoms with Crippen molar-refractivity contribution in [1.29, 1.82) is 0 Å². The minimum Gasteiger partial charge on any atom is -0.264 e. The predicted molar refractivity (Wildman–Crippen MR) is 192 cm³/mol. The smallest absolute Gasteiger partial charge is 0.164 e. The normalized spacial score (nSPS) is 11.1. The van der Waals surface area contributed by atoms with Crippen LogP contribution in [-0.4, -0.2) is 19.9 Å². The molecule has 0 saturated heterocycles. The van der Waals surface area contributed by atoms with Crippen molar-refractivity contribution >= 4 is 10.8 Å². The van der Waals surface area contributed by atoms with Gasteiger partial charge in [0, 0.05) is 29.1 Å². The van der Waals surface area contributed by atoms with Gasteiger partial charge in [0.1, 0.15) is 0 Å². The number of fused-ring (bicyclic) bond motifs is 1. The van der Waals surface area contributed by atoms with Crippen molar-refractivity contribution in [3.8, 4) is 67.5 Å². The summed E-state index contributed by atoms with van der Waals surface area (Å²) in [5.74, 6) is 1.92. The van der Waals surface area contributed by atoms with Crippen LogP contribution >= 0.6 is 0 Å². The van der Waals surface area contributed by atoms with E-state index in [9.17, 15) is 0 Å². The summed E-state index contributed by atoms with van der Waals surface area (Å²) in [7, 11) is 0. The van der Waals surface area contributed by atoms with E-state index in [1.54, 1.807) is 0 Å². The maximum Gasteiger partial charge on any atom is 0.164 e. The van der Waals surface area contributed by atoms with Crippen LogP contribution in [0.2, 0.25) is 0 Å². The van der Waals surface area contributed by atoms with E-state index in [-0.39, 0.29) is 0 Å². The molecular formula is C43H30N4. The lowest BCUT2D eigenvalue weighted by atomic mass is 9.97. The maximum atomic E-state index is 5.01. The molecule has 0 amide bonds. The zero-order valence-corrected chi connectivity index (χ0v) is 25.9. The lowest BCUT2D eigenvalue weighted by molar-refractivity contribution is 1.07. The van der Waals surface area contributed by atoms with Gasteiger partial charge in [0.2, 0.25) is 0 Å². The molecule has 0 spiro atoms. The molecule has 6 aromatic carbocycles. The molecule has 0 atom stereocenters. The van der Waals surface area contributed by atoms with Crippen LogP contribution in [0.15, 0.2) is 164 Å². The molecule has 0 N–H and O–H groups in total. The molecule has 8 rings (SSSR count). The molecular weight excluding hydrogens is 573 g/mol. The third-order valence-corrected chi connectivity index (χ3v) is 8.56. The van der Waals surface area contributed by atoms with Crippen molar-refractivity contribution in [3.05, 3.63) is 170 Å². The highest BCUT2D eigenvalue weighted by Crippen LogP contribution is 2.31. The Hall–Kier alpha value is -6.26. The summed E-state index contributed by atoms with van der Waals surface area (Å²) >= 11 is 0. The fourth-order valence-electron chi connectivity index (χ4n) is 6.01. The second-order valence-electron chi connectivity index (χ2n) is 11.7. The zero-order valence-electron chi connectivity index (χ0n) is 25.9. The summed E-state index contributed by atoms with van der Waals surface area (Å²) < 4.78 is 0. The van der Waals surface area contributed by atoms with E-state index in [0.717, 1.165) is 44.3 Å². The summed E-state index contributed by atoms with van der Waals surface area (Å²) in [6.07, 6.45) is 3.75. The van der Waals surface area contributed by atoms with Gasteiger partial charge in [-0.05, 0) is 74.8 Å². The molecule has 8 aromatic rings. The van der Waals surface area contributed by atoms with Gasteiger partial charge in [-0.1, -0.05) is 133 Å². The van der Waals surface area contributed by atoms with Crippen molar-refractivity contribution in [2.45, 2.75) is 6.92 Å². The van der Waals surface area contributed by atoms with Gasteiger partial charge in [-0.3, -0.25) is 4.98 Å². The summed E-state index contributed by atoms with van der Waals surface area (Å²) in [4.78, 5) is 19.3. The van der Waals surface area contributed by atoms with Crippen LogP contribution < -0.4 is 0 Å². The highest BCUT2D eigenvalue weighted by molar-refractivity contribution is 5.86. The van der Waals surface area contributed by atoms with Gasteiger partial charge in [0.15, 0.2) is 17.5 Å². The van der Waals surface area contributed by atoms with E-state index in [2.05, 4.69) is 158 Å². The molecule has 0 fully saturated rings. The van der Waals surface area contributed by atoms with Crippen LogP contribution in [0.4, 0.5) is 0 Å². The third kappa shape index (κ3) is 5.81. The van der Waals surface area contributed by atoms with E-state index in [1.165, 1.54) is 22.1 Å². The molecule has 0 radical (unpaired) electrons. The average molecular weight is 603 g/mol. The minimum atomic E-state index is 0.637. The lowest BCUT2D eigenvalue weighted by Crippen LogP contribution is -2.00. The Morgan fingerprint density at radius 1 is 0.362 bits per heavy atom. The number of benzene rings is 6. The first-order valence-corrected chi connectivity index (χ1v) is 15.7. The molecule has 0 saturated carbocycles. The van der Waals surface area contributed by atoms with Gasteiger partial charge in [-0.25, -0.2) is 15.0 Å². The molecule has 0 aliphatic carbocycles. The molecule has 0 bridgehead atoms. The van der Waals surface area contributed by atoms with Gasteiger partial charge in [-0.2, -0.15) is 0 Å².